The van der Waals surface area contributed by atoms with Crippen LogP contribution in [0, 0.1) is 6.92 Å². The van der Waals surface area contributed by atoms with Gasteiger partial charge < -0.3 is 9.26 Å². The monoisotopic (exact) mass is 360 g/mol. The normalized spacial score (nSPS) is 24.9. The van der Waals surface area contributed by atoms with Crippen molar-refractivity contribution in [1.29, 1.82) is 0 Å². The summed E-state index contributed by atoms with van der Waals surface area (Å²) in [5, 5.41) is 0. The minimum absolute atomic E-state index is 0.157. The standard InChI is InChI=1S/C14H25N4O5P/c1-10-6-18(14(20)15-13(10)19)12-8-17(4)7-11(23-12)9-22-24(5,21)16(2)3/h6,11-12H,7-9H2,1-5H3,(H,15,19,20)/t11-,12+,24?/m0/s1. The van der Waals surface area contributed by atoms with Gasteiger partial charge in [-0.15, -0.1) is 0 Å². The van der Waals surface area contributed by atoms with Crippen LogP contribution in [0.4, 0.5) is 0 Å². The van der Waals surface area contributed by atoms with E-state index in [1.54, 1.807) is 32.4 Å². The molecule has 0 bridgehead atoms. The molecule has 0 radical (unpaired) electrons. The molecule has 0 aromatic carbocycles. The average molecular weight is 360 g/mol. The molecule has 0 aliphatic carbocycles. The molecule has 3 atom stereocenters. The van der Waals surface area contributed by atoms with Gasteiger partial charge in [-0.3, -0.25) is 23.8 Å². The Morgan fingerprint density at radius 1 is 1.42 bits per heavy atom. The van der Waals surface area contributed by atoms with Crippen LogP contribution in [0.25, 0.3) is 0 Å². The van der Waals surface area contributed by atoms with E-state index in [0.29, 0.717) is 18.7 Å². The number of aromatic amines is 1. The van der Waals surface area contributed by atoms with E-state index >= 15 is 0 Å². The van der Waals surface area contributed by atoms with Gasteiger partial charge >= 0.3 is 5.69 Å². The van der Waals surface area contributed by atoms with Crippen molar-refractivity contribution in [3.8, 4) is 0 Å². The van der Waals surface area contributed by atoms with Gasteiger partial charge in [-0.05, 0) is 28.1 Å². The highest BCUT2D eigenvalue weighted by Gasteiger charge is 2.30. The third kappa shape index (κ3) is 4.43. The van der Waals surface area contributed by atoms with Crippen LogP contribution >= 0.6 is 7.52 Å². The Balaban J connectivity index is 2.14. The maximum atomic E-state index is 12.3. The van der Waals surface area contributed by atoms with Crippen LogP contribution in [0.1, 0.15) is 11.8 Å². The second-order valence-corrected chi connectivity index (χ2v) is 9.02. The molecule has 1 aromatic heterocycles. The molecule has 2 rings (SSSR count). The van der Waals surface area contributed by atoms with Gasteiger partial charge in [0, 0.05) is 31.5 Å². The first kappa shape index (κ1) is 19.1. The highest BCUT2D eigenvalue weighted by molar-refractivity contribution is 7.55. The first-order valence-corrected chi connectivity index (χ1v) is 9.68. The molecule has 1 fully saturated rings. The zero-order valence-electron chi connectivity index (χ0n) is 14.7. The lowest BCUT2D eigenvalue weighted by Crippen LogP contribution is -2.48. The van der Waals surface area contributed by atoms with E-state index in [2.05, 4.69) is 4.98 Å². The van der Waals surface area contributed by atoms with E-state index in [0.717, 1.165) is 0 Å². The van der Waals surface area contributed by atoms with Crippen molar-refractivity contribution in [3.05, 3.63) is 32.6 Å². The predicted octanol–water partition coefficient (Wildman–Crippen LogP) is 0.0753. The fourth-order valence-electron chi connectivity index (χ4n) is 2.38. The molecule has 1 aliphatic rings. The molecule has 1 aliphatic heterocycles. The van der Waals surface area contributed by atoms with Crippen LogP contribution in [0.5, 0.6) is 0 Å². The minimum Gasteiger partial charge on any atom is -0.350 e. The summed E-state index contributed by atoms with van der Waals surface area (Å²) in [4.78, 5) is 27.8. The number of hydrogen-bond donors (Lipinski definition) is 1. The van der Waals surface area contributed by atoms with Crippen molar-refractivity contribution < 1.29 is 13.8 Å². The molecule has 136 valence electrons. The van der Waals surface area contributed by atoms with Gasteiger partial charge in [-0.2, -0.15) is 0 Å². The molecule has 0 spiro atoms. The van der Waals surface area contributed by atoms with E-state index in [1.165, 1.54) is 10.8 Å². The molecule has 10 heteroatoms. The Hall–Kier alpha value is -1.25. The number of hydrogen-bond acceptors (Lipinski definition) is 6. The summed E-state index contributed by atoms with van der Waals surface area (Å²) in [6.07, 6.45) is 0.616. The smallest absolute Gasteiger partial charge is 0.330 e. The van der Waals surface area contributed by atoms with Gasteiger partial charge in [0.1, 0.15) is 0 Å². The quantitative estimate of drug-likeness (QED) is 0.743. The third-order valence-electron chi connectivity index (χ3n) is 4.02. The van der Waals surface area contributed by atoms with Gasteiger partial charge in [-0.25, -0.2) is 9.46 Å². The van der Waals surface area contributed by atoms with Crippen LogP contribution in [-0.2, 0) is 13.8 Å². The lowest BCUT2D eigenvalue weighted by atomic mass is 10.2. The molecule has 24 heavy (non-hydrogen) atoms. The summed E-state index contributed by atoms with van der Waals surface area (Å²) in [7, 11) is 2.45. The first-order valence-electron chi connectivity index (χ1n) is 7.66. The van der Waals surface area contributed by atoms with Crippen LogP contribution in [-0.4, -0.2) is 72.7 Å². The largest absolute Gasteiger partial charge is 0.350 e. The summed E-state index contributed by atoms with van der Waals surface area (Å²) < 4.78 is 26.6. The fourth-order valence-corrected chi connectivity index (χ4v) is 3.05. The molecule has 1 saturated heterocycles. The van der Waals surface area contributed by atoms with Gasteiger partial charge in [0.05, 0.1) is 12.7 Å². The molecule has 9 nitrogen and oxygen atoms in total. The molecule has 0 saturated carbocycles. The Kier molecular flexibility index (Phi) is 5.83. The van der Waals surface area contributed by atoms with Crippen molar-refractivity contribution in [2.75, 3.05) is 47.5 Å². The van der Waals surface area contributed by atoms with E-state index in [4.69, 9.17) is 9.26 Å². The highest BCUT2D eigenvalue weighted by Crippen LogP contribution is 2.44. The average Bonchev–Trinajstić information content (AvgIpc) is 2.48. The number of aromatic nitrogens is 2. The van der Waals surface area contributed by atoms with Crippen molar-refractivity contribution in [3.63, 3.8) is 0 Å². The zero-order valence-corrected chi connectivity index (χ0v) is 15.6. The highest BCUT2D eigenvalue weighted by atomic mass is 31.2. The zero-order chi connectivity index (χ0) is 18.1. The minimum atomic E-state index is -2.85. The van der Waals surface area contributed by atoms with Crippen molar-refractivity contribution >= 4 is 7.52 Å². The number of likely N-dealkylation sites (N-methyl/N-ethyl adjacent to an activating group) is 1. The number of H-pyrrole nitrogens is 1. The lowest BCUT2D eigenvalue weighted by Gasteiger charge is -2.37. The Morgan fingerprint density at radius 3 is 2.71 bits per heavy atom. The predicted molar refractivity (Wildman–Crippen MR) is 90.6 cm³/mol. The second-order valence-electron chi connectivity index (χ2n) is 6.36. The summed E-state index contributed by atoms with van der Waals surface area (Å²) in [5.74, 6) is 0. The van der Waals surface area contributed by atoms with Crippen molar-refractivity contribution in [2.24, 2.45) is 0 Å². The lowest BCUT2D eigenvalue weighted by molar-refractivity contribution is -0.128. The van der Waals surface area contributed by atoms with Gasteiger partial charge in [0.2, 0.25) is 0 Å². The summed E-state index contributed by atoms with van der Waals surface area (Å²) >= 11 is 0. The van der Waals surface area contributed by atoms with Crippen LogP contribution in [0.3, 0.4) is 0 Å². The van der Waals surface area contributed by atoms with Gasteiger partial charge in [0.25, 0.3) is 13.1 Å². The van der Waals surface area contributed by atoms with Crippen LogP contribution < -0.4 is 11.2 Å². The molecule has 1 N–H and O–H groups in total. The molecular weight excluding hydrogens is 335 g/mol. The Labute approximate surface area is 140 Å². The van der Waals surface area contributed by atoms with Crippen molar-refractivity contribution in [2.45, 2.75) is 19.3 Å². The van der Waals surface area contributed by atoms with E-state index in [1.807, 2.05) is 11.9 Å². The third-order valence-corrected chi connectivity index (χ3v) is 6.10. The molecule has 2 heterocycles. The number of rotatable bonds is 5. The van der Waals surface area contributed by atoms with E-state index in [-0.39, 0.29) is 12.7 Å². The number of ether oxygens (including phenoxy) is 1. The number of nitrogens with zero attached hydrogens (tertiary/aromatic N) is 3. The van der Waals surface area contributed by atoms with Gasteiger partial charge in [-0.1, -0.05) is 0 Å². The maximum Gasteiger partial charge on any atom is 0.330 e. The van der Waals surface area contributed by atoms with E-state index in [9.17, 15) is 14.2 Å². The number of aryl methyl sites for hydroxylation is 1. The molecule has 0 amide bonds. The molecule has 1 aromatic rings. The molecule has 1 unspecified atom stereocenters. The van der Waals surface area contributed by atoms with Crippen molar-refractivity contribution in [1.82, 2.24) is 19.1 Å². The maximum absolute atomic E-state index is 12.3. The summed E-state index contributed by atoms with van der Waals surface area (Å²) in [6, 6.07) is 0. The Morgan fingerprint density at radius 2 is 2.08 bits per heavy atom. The van der Waals surface area contributed by atoms with Gasteiger partial charge in [0.15, 0.2) is 6.23 Å². The fraction of sp³-hybridized carbons (Fsp3) is 0.714. The topological polar surface area (TPSA) is 96.9 Å². The number of nitrogens with one attached hydrogen (secondary N) is 1. The van der Waals surface area contributed by atoms with Crippen LogP contribution in [0.15, 0.2) is 15.8 Å². The SMILES string of the molecule is Cc1cn([C@H]2CN(C)C[C@@H](COP(C)(=O)N(C)C)O2)c(=O)[nH]c1=O. The summed E-state index contributed by atoms with van der Waals surface area (Å²) in [6.45, 7) is 4.43. The Bertz CT molecular complexity index is 743. The first-order chi connectivity index (χ1) is 11.1. The number of morpholine rings is 1. The molecular formula is C14H25N4O5P. The van der Waals surface area contributed by atoms with Crippen LogP contribution in [0.2, 0.25) is 0 Å². The second kappa shape index (κ2) is 7.33. The summed E-state index contributed by atoms with van der Waals surface area (Å²) in [5.41, 5.74) is -0.483. The van der Waals surface area contributed by atoms with E-state index < -0.39 is 25.0 Å².